The molecular formula is C13H18N4O2. The van der Waals surface area contributed by atoms with Gasteiger partial charge in [0.05, 0.1) is 0 Å². The number of carbonyl (C=O) groups is 2. The Morgan fingerprint density at radius 2 is 2.21 bits per heavy atom. The highest BCUT2D eigenvalue weighted by Gasteiger charge is 2.22. The number of aryl methyl sites for hydroxylation is 1. The molecule has 0 bridgehead atoms. The number of nitrogens with zero attached hydrogens (tertiary/aromatic N) is 2. The summed E-state index contributed by atoms with van der Waals surface area (Å²) < 4.78 is 0. The van der Waals surface area contributed by atoms with Crippen LogP contribution in [0.2, 0.25) is 0 Å². The van der Waals surface area contributed by atoms with Crippen LogP contribution in [-0.2, 0) is 9.59 Å². The quantitative estimate of drug-likeness (QED) is 0.707. The predicted molar refractivity (Wildman–Crippen MR) is 71.7 cm³/mol. The molecule has 0 radical (unpaired) electrons. The number of rotatable bonds is 1. The van der Waals surface area contributed by atoms with Gasteiger partial charge in [-0.25, -0.2) is 0 Å². The molecular weight excluding hydrogens is 244 g/mol. The van der Waals surface area contributed by atoms with Crippen molar-refractivity contribution in [3.05, 3.63) is 24.0 Å². The molecule has 0 aromatic carbocycles. The van der Waals surface area contributed by atoms with E-state index in [2.05, 4.69) is 15.6 Å². The van der Waals surface area contributed by atoms with Gasteiger partial charge >= 0.3 is 11.8 Å². The normalized spacial score (nSPS) is 15.7. The lowest BCUT2D eigenvalue weighted by Crippen LogP contribution is -2.41. The van der Waals surface area contributed by atoms with Crippen LogP contribution in [0.5, 0.6) is 0 Å². The molecule has 2 amide bonds. The molecule has 6 heteroatoms. The van der Waals surface area contributed by atoms with Crippen molar-refractivity contribution in [2.24, 2.45) is 0 Å². The summed E-state index contributed by atoms with van der Waals surface area (Å²) in [4.78, 5) is 29.5. The Bertz CT molecular complexity index is 467. The molecule has 0 aliphatic carbocycles. The lowest BCUT2D eigenvalue weighted by molar-refractivity contribution is -0.143. The molecule has 0 atom stereocenters. The van der Waals surface area contributed by atoms with Gasteiger partial charge in [0.2, 0.25) is 0 Å². The summed E-state index contributed by atoms with van der Waals surface area (Å²) >= 11 is 0. The molecule has 1 fully saturated rings. The van der Waals surface area contributed by atoms with Crippen molar-refractivity contribution in [2.45, 2.75) is 13.3 Å². The predicted octanol–water partition coefficient (Wildman–Crippen LogP) is 0.150. The Morgan fingerprint density at radius 1 is 1.37 bits per heavy atom. The summed E-state index contributed by atoms with van der Waals surface area (Å²) in [5.41, 5.74) is 1.39. The first-order chi connectivity index (χ1) is 9.16. The molecule has 0 unspecified atom stereocenters. The van der Waals surface area contributed by atoms with Gasteiger partial charge in [0, 0.05) is 37.2 Å². The molecule has 0 spiro atoms. The van der Waals surface area contributed by atoms with Gasteiger partial charge in [-0.05, 0) is 32.0 Å². The smallest absolute Gasteiger partial charge is 0.313 e. The van der Waals surface area contributed by atoms with Gasteiger partial charge < -0.3 is 15.5 Å². The average molecular weight is 262 g/mol. The van der Waals surface area contributed by atoms with Crippen LogP contribution >= 0.6 is 0 Å². The minimum absolute atomic E-state index is 0.474. The fraction of sp³-hybridized carbons (Fsp3) is 0.462. The van der Waals surface area contributed by atoms with Crippen molar-refractivity contribution in [1.29, 1.82) is 0 Å². The maximum Gasteiger partial charge on any atom is 0.313 e. The van der Waals surface area contributed by atoms with E-state index >= 15 is 0 Å². The molecule has 0 saturated carbocycles. The molecule has 102 valence electrons. The highest BCUT2D eigenvalue weighted by Crippen LogP contribution is 2.07. The molecule has 2 rings (SSSR count). The molecule has 1 aliphatic heterocycles. The number of hydrogen-bond acceptors (Lipinski definition) is 4. The molecule has 1 saturated heterocycles. The van der Waals surface area contributed by atoms with Crippen LogP contribution in [-0.4, -0.2) is 47.9 Å². The number of aromatic nitrogens is 1. The van der Waals surface area contributed by atoms with Gasteiger partial charge in [-0.3, -0.25) is 14.6 Å². The molecule has 1 aromatic rings. The van der Waals surface area contributed by atoms with Crippen molar-refractivity contribution in [1.82, 2.24) is 15.2 Å². The zero-order valence-electron chi connectivity index (χ0n) is 11.0. The third kappa shape index (κ3) is 3.75. The molecule has 2 N–H and O–H groups in total. The first-order valence-electron chi connectivity index (χ1n) is 6.40. The van der Waals surface area contributed by atoms with Crippen LogP contribution in [0.25, 0.3) is 0 Å². The van der Waals surface area contributed by atoms with E-state index in [4.69, 9.17) is 0 Å². The number of carbonyl (C=O) groups excluding carboxylic acids is 2. The van der Waals surface area contributed by atoms with Gasteiger partial charge in [0.25, 0.3) is 0 Å². The van der Waals surface area contributed by atoms with Gasteiger partial charge in [-0.1, -0.05) is 0 Å². The van der Waals surface area contributed by atoms with Crippen molar-refractivity contribution in [3.8, 4) is 0 Å². The van der Waals surface area contributed by atoms with Crippen LogP contribution in [0.4, 0.5) is 5.69 Å². The fourth-order valence-corrected chi connectivity index (χ4v) is 2.00. The lowest BCUT2D eigenvalue weighted by atomic mass is 10.3. The van der Waals surface area contributed by atoms with Crippen LogP contribution in [0, 0.1) is 6.92 Å². The molecule has 6 nitrogen and oxygen atoms in total. The first-order valence-corrected chi connectivity index (χ1v) is 6.40. The van der Waals surface area contributed by atoms with Gasteiger partial charge in [0.1, 0.15) is 0 Å². The van der Waals surface area contributed by atoms with Crippen molar-refractivity contribution >= 4 is 17.5 Å². The minimum atomic E-state index is -0.590. The molecule has 19 heavy (non-hydrogen) atoms. The van der Waals surface area contributed by atoms with E-state index in [9.17, 15) is 9.59 Å². The number of anilines is 1. The lowest BCUT2D eigenvalue weighted by Gasteiger charge is -2.19. The largest absolute Gasteiger partial charge is 0.333 e. The first kappa shape index (κ1) is 13.5. The number of nitrogens with one attached hydrogen (secondary N) is 2. The molecule has 1 aliphatic rings. The summed E-state index contributed by atoms with van der Waals surface area (Å²) in [5, 5.41) is 5.80. The average Bonchev–Trinajstić information content (AvgIpc) is 2.66. The zero-order chi connectivity index (χ0) is 13.7. The second kappa shape index (κ2) is 6.29. The monoisotopic (exact) mass is 262 g/mol. The topological polar surface area (TPSA) is 74.3 Å². The van der Waals surface area contributed by atoms with E-state index in [0.29, 0.717) is 18.8 Å². The van der Waals surface area contributed by atoms with Crippen molar-refractivity contribution in [3.63, 3.8) is 0 Å². The van der Waals surface area contributed by atoms with E-state index in [1.54, 1.807) is 23.2 Å². The van der Waals surface area contributed by atoms with Gasteiger partial charge in [0.15, 0.2) is 0 Å². The fourth-order valence-electron chi connectivity index (χ4n) is 2.00. The van der Waals surface area contributed by atoms with Crippen LogP contribution < -0.4 is 10.6 Å². The standard InChI is InChI=1S/C13H18N4O2/c1-10-9-11(3-5-15-10)16-12(18)13(19)17-7-2-4-14-6-8-17/h3,5,9,14H,2,4,6-8H2,1H3,(H,15,16,18). The second-order valence-corrected chi connectivity index (χ2v) is 4.54. The summed E-state index contributed by atoms with van der Waals surface area (Å²) in [6.45, 7) is 4.64. The van der Waals surface area contributed by atoms with E-state index in [-0.39, 0.29) is 0 Å². The summed E-state index contributed by atoms with van der Waals surface area (Å²) in [6.07, 6.45) is 2.47. The SMILES string of the molecule is Cc1cc(NC(=O)C(=O)N2CCCNCC2)ccn1. The van der Waals surface area contributed by atoms with Crippen LogP contribution in [0.1, 0.15) is 12.1 Å². The molecule has 2 heterocycles. The molecule has 1 aromatic heterocycles. The van der Waals surface area contributed by atoms with E-state index < -0.39 is 11.8 Å². The second-order valence-electron chi connectivity index (χ2n) is 4.54. The van der Waals surface area contributed by atoms with E-state index in [1.807, 2.05) is 6.92 Å². The highest BCUT2D eigenvalue weighted by atomic mass is 16.2. The Kier molecular flexibility index (Phi) is 4.46. The number of amides is 2. The maximum atomic E-state index is 12.0. The third-order valence-electron chi connectivity index (χ3n) is 2.98. The van der Waals surface area contributed by atoms with Gasteiger partial charge in [-0.15, -0.1) is 0 Å². The Morgan fingerprint density at radius 3 is 3.00 bits per heavy atom. The Hall–Kier alpha value is -1.95. The van der Waals surface area contributed by atoms with Crippen LogP contribution in [0.3, 0.4) is 0 Å². The Labute approximate surface area is 112 Å². The van der Waals surface area contributed by atoms with Crippen LogP contribution in [0.15, 0.2) is 18.3 Å². The summed E-state index contributed by atoms with van der Waals surface area (Å²) in [5.74, 6) is -1.06. The van der Waals surface area contributed by atoms with E-state index in [1.165, 1.54) is 0 Å². The minimum Gasteiger partial charge on any atom is -0.333 e. The van der Waals surface area contributed by atoms with Gasteiger partial charge in [-0.2, -0.15) is 0 Å². The number of pyridine rings is 1. The summed E-state index contributed by atoms with van der Waals surface area (Å²) in [6, 6.07) is 3.40. The Balaban J connectivity index is 1.97. The zero-order valence-corrected chi connectivity index (χ0v) is 11.0. The summed E-state index contributed by atoms with van der Waals surface area (Å²) in [7, 11) is 0. The van der Waals surface area contributed by atoms with Crippen molar-refractivity contribution in [2.75, 3.05) is 31.5 Å². The highest BCUT2D eigenvalue weighted by molar-refractivity contribution is 6.39. The number of hydrogen-bond donors (Lipinski definition) is 2. The van der Waals surface area contributed by atoms with E-state index in [0.717, 1.165) is 25.2 Å². The van der Waals surface area contributed by atoms with Crippen molar-refractivity contribution < 1.29 is 9.59 Å². The third-order valence-corrected chi connectivity index (χ3v) is 2.98. The maximum absolute atomic E-state index is 12.0.